The zero-order chi connectivity index (χ0) is 10.3. The van der Waals surface area contributed by atoms with Crippen LogP contribution in [0.1, 0.15) is 18.4 Å². The van der Waals surface area contributed by atoms with Crippen molar-refractivity contribution in [2.45, 2.75) is 12.8 Å². The van der Waals surface area contributed by atoms with Gasteiger partial charge in [-0.05, 0) is 6.07 Å². The fourth-order valence-electron chi connectivity index (χ4n) is 1.47. The zero-order valence-corrected chi connectivity index (χ0v) is 7.61. The molecule has 14 heavy (non-hydrogen) atoms. The van der Waals surface area contributed by atoms with Crippen LogP contribution in [-0.4, -0.2) is 11.8 Å². The molecule has 1 aliphatic rings. The topological polar surface area (TPSA) is 69.4 Å². The van der Waals surface area contributed by atoms with Crippen LogP contribution >= 0.6 is 0 Å². The Hall–Kier alpha value is -1.84. The third kappa shape index (κ3) is 1.16. The molecule has 0 amide bonds. The molecule has 1 atom stereocenters. The summed E-state index contributed by atoms with van der Waals surface area (Å²) < 4.78 is 4.83. The van der Waals surface area contributed by atoms with Crippen molar-refractivity contribution in [3.05, 3.63) is 23.8 Å². The number of ether oxygens (including phenoxy) is 1. The molecule has 1 unspecified atom stereocenters. The molecule has 4 nitrogen and oxygen atoms in total. The second-order valence-electron chi connectivity index (χ2n) is 3.27. The molecule has 1 aromatic rings. The predicted octanol–water partition coefficient (Wildman–Crippen LogP) is 0.860. The van der Waals surface area contributed by atoms with E-state index < -0.39 is 17.7 Å². The Morgan fingerprint density at radius 3 is 2.79 bits per heavy atom. The highest BCUT2D eigenvalue weighted by molar-refractivity contribution is 6.37. The lowest BCUT2D eigenvalue weighted by atomic mass is 9.93. The van der Waals surface area contributed by atoms with Crippen LogP contribution < -0.4 is 10.5 Å². The maximum absolute atomic E-state index is 11.3. The van der Waals surface area contributed by atoms with Gasteiger partial charge in [-0.2, -0.15) is 0 Å². The number of hydrogen-bond donors (Lipinski definition) is 1. The van der Waals surface area contributed by atoms with E-state index in [1.807, 2.05) is 0 Å². The first-order chi connectivity index (χ1) is 6.59. The fourth-order valence-corrected chi connectivity index (χ4v) is 1.47. The van der Waals surface area contributed by atoms with Crippen LogP contribution in [0, 0.1) is 0 Å². The number of ketones is 1. The number of Topliss-reactive ketones (excluding diaryl/α,β-unsaturated/α-hetero) is 1. The minimum atomic E-state index is -0.810. The monoisotopic (exact) mass is 191 g/mol. The molecule has 0 aromatic heterocycles. The predicted molar refractivity (Wildman–Crippen MR) is 49.9 cm³/mol. The van der Waals surface area contributed by atoms with Crippen molar-refractivity contribution in [3.8, 4) is 5.75 Å². The van der Waals surface area contributed by atoms with Gasteiger partial charge in [0.25, 0.3) is 0 Å². The Kier molecular flexibility index (Phi) is 1.77. The lowest BCUT2D eigenvalue weighted by Crippen LogP contribution is -2.30. The van der Waals surface area contributed by atoms with Crippen LogP contribution in [0.15, 0.2) is 18.2 Å². The highest BCUT2D eigenvalue weighted by Crippen LogP contribution is 2.33. The van der Waals surface area contributed by atoms with E-state index in [0.29, 0.717) is 17.0 Å². The summed E-state index contributed by atoms with van der Waals surface area (Å²) in [5.41, 5.74) is 6.76. The molecule has 1 heterocycles. The summed E-state index contributed by atoms with van der Waals surface area (Å²) in [6.07, 6.45) is 0. The van der Waals surface area contributed by atoms with E-state index in [9.17, 15) is 9.59 Å². The van der Waals surface area contributed by atoms with Gasteiger partial charge in [0.2, 0.25) is 5.78 Å². The number of esters is 1. The number of carbonyl (C=O) groups is 2. The molecule has 72 valence electrons. The van der Waals surface area contributed by atoms with Crippen molar-refractivity contribution in [2.24, 2.45) is 0 Å². The molecule has 2 N–H and O–H groups in total. The quantitative estimate of drug-likeness (QED) is 0.286. The molecule has 0 spiro atoms. The van der Waals surface area contributed by atoms with Crippen molar-refractivity contribution in [2.75, 3.05) is 5.73 Å². The van der Waals surface area contributed by atoms with Crippen LogP contribution in [0.2, 0.25) is 0 Å². The van der Waals surface area contributed by atoms with Crippen molar-refractivity contribution in [3.63, 3.8) is 0 Å². The largest absolute Gasteiger partial charge is 0.420 e. The van der Waals surface area contributed by atoms with Gasteiger partial charge in [-0.15, -0.1) is 0 Å². The minimum Gasteiger partial charge on any atom is -0.420 e. The molecule has 0 radical (unpaired) electrons. The second kappa shape index (κ2) is 2.83. The highest BCUT2D eigenvalue weighted by Gasteiger charge is 2.32. The molecule has 2 rings (SSSR count). The zero-order valence-electron chi connectivity index (χ0n) is 7.61. The normalized spacial score (nSPS) is 20.2. The summed E-state index contributed by atoms with van der Waals surface area (Å²) in [5.74, 6) is -1.37. The number of nitrogens with two attached hydrogens (primary N) is 1. The van der Waals surface area contributed by atoms with Gasteiger partial charge in [-0.1, -0.05) is 13.0 Å². The van der Waals surface area contributed by atoms with Gasteiger partial charge < -0.3 is 10.5 Å². The van der Waals surface area contributed by atoms with Crippen molar-refractivity contribution < 1.29 is 14.3 Å². The van der Waals surface area contributed by atoms with E-state index in [0.717, 1.165) is 0 Å². The van der Waals surface area contributed by atoms with E-state index >= 15 is 0 Å². The SMILES string of the molecule is CC1C(=O)C(=O)Oc2cc(N)ccc21. The van der Waals surface area contributed by atoms with Crippen LogP contribution in [0.5, 0.6) is 5.75 Å². The smallest absolute Gasteiger partial charge is 0.380 e. The summed E-state index contributed by atoms with van der Waals surface area (Å²) >= 11 is 0. The summed E-state index contributed by atoms with van der Waals surface area (Å²) in [7, 11) is 0. The number of nitrogen functional groups attached to an aromatic ring is 1. The molecule has 1 aliphatic heterocycles. The van der Waals surface area contributed by atoms with Crippen molar-refractivity contribution in [1.82, 2.24) is 0 Å². The lowest BCUT2D eigenvalue weighted by Gasteiger charge is -2.19. The molecular formula is C10H9NO3. The summed E-state index contributed by atoms with van der Waals surface area (Å²) in [6, 6.07) is 4.94. The van der Waals surface area contributed by atoms with Gasteiger partial charge in [0.15, 0.2) is 0 Å². The third-order valence-corrected chi connectivity index (χ3v) is 2.30. The Bertz CT molecular complexity index is 425. The number of benzene rings is 1. The standard InChI is InChI=1S/C10H9NO3/c1-5-7-3-2-6(11)4-8(7)14-10(13)9(5)12/h2-5H,11H2,1H3. The first kappa shape index (κ1) is 8.74. The Balaban J connectivity index is 2.56. The van der Waals surface area contributed by atoms with E-state index in [4.69, 9.17) is 10.5 Å². The summed E-state index contributed by atoms with van der Waals surface area (Å²) in [4.78, 5) is 22.3. The first-order valence-corrected chi connectivity index (χ1v) is 4.25. The van der Waals surface area contributed by atoms with Crippen LogP contribution in [-0.2, 0) is 9.59 Å². The molecule has 0 saturated carbocycles. The number of hydrogen-bond acceptors (Lipinski definition) is 4. The van der Waals surface area contributed by atoms with Gasteiger partial charge in [0.05, 0.1) is 5.92 Å². The van der Waals surface area contributed by atoms with Crippen LogP contribution in [0.3, 0.4) is 0 Å². The Morgan fingerprint density at radius 2 is 2.07 bits per heavy atom. The average molecular weight is 191 g/mol. The minimum absolute atomic E-state index is 0.391. The maximum atomic E-state index is 11.3. The van der Waals surface area contributed by atoms with Gasteiger partial charge in [0.1, 0.15) is 5.75 Å². The molecule has 0 bridgehead atoms. The summed E-state index contributed by atoms with van der Waals surface area (Å²) in [5, 5.41) is 0. The number of fused-ring (bicyclic) bond motifs is 1. The molecular weight excluding hydrogens is 182 g/mol. The van der Waals surface area contributed by atoms with Gasteiger partial charge in [-0.3, -0.25) is 4.79 Å². The fraction of sp³-hybridized carbons (Fsp3) is 0.200. The molecule has 1 aromatic carbocycles. The van der Waals surface area contributed by atoms with E-state index in [2.05, 4.69) is 0 Å². The van der Waals surface area contributed by atoms with E-state index in [-0.39, 0.29) is 0 Å². The molecule has 0 aliphatic carbocycles. The molecule has 4 heteroatoms. The Labute approximate surface area is 80.7 Å². The number of rotatable bonds is 0. The van der Waals surface area contributed by atoms with Gasteiger partial charge >= 0.3 is 5.97 Å². The highest BCUT2D eigenvalue weighted by atomic mass is 16.5. The van der Waals surface area contributed by atoms with Gasteiger partial charge in [0, 0.05) is 17.3 Å². The van der Waals surface area contributed by atoms with Gasteiger partial charge in [-0.25, -0.2) is 4.79 Å². The van der Waals surface area contributed by atoms with Crippen molar-refractivity contribution in [1.29, 1.82) is 0 Å². The number of carbonyl (C=O) groups excluding carboxylic acids is 2. The second-order valence-corrected chi connectivity index (χ2v) is 3.27. The van der Waals surface area contributed by atoms with E-state index in [1.165, 1.54) is 0 Å². The molecule has 0 fully saturated rings. The number of anilines is 1. The average Bonchev–Trinajstić information content (AvgIpc) is 2.14. The first-order valence-electron chi connectivity index (χ1n) is 4.25. The summed E-state index contributed by atoms with van der Waals surface area (Å²) in [6.45, 7) is 1.68. The van der Waals surface area contributed by atoms with Crippen LogP contribution in [0.25, 0.3) is 0 Å². The lowest BCUT2D eigenvalue weighted by molar-refractivity contribution is -0.148. The molecule has 0 saturated heterocycles. The third-order valence-electron chi connectivity index (χ3n) is 2.30. The van der Waals surface area contributed by atoms with E-state index in [1.54, 1.807) is 25.1 Å². The van der Waals surface area contributed by atoms with Crippen LogP contribution in [0.4, 0.5) is 5.69 Å². The Morgan fingerprint density at radius 1 is 1.36 bits per heavy atom. The van der Waals surface area contributed by atoms with Crippen molar-refractivity contribution >= 4 is 17.4 Å². The maximum Gasteiger partial charge on any atom is 0.380 e.